The fourth-order valence-corrected chi connectivity index (χ4v) is 2.19. The van der Waals surface area contributed by atoms with Crippen LogP contribution >= 0.6 is 0 Å². The van der Waals surface area contributed by atoms with Gasteiger partial charge in [-0.05, 0) is 30.2 Å². The first-order valence-electron chi connectivity index (χ1n) is 7.28. The molecule has 0 unspecified atom stereocenters. The lowest BCUT2D eigenvalue weighted by Gasteiger charge is -2.18. The van der Waals surface area contributed by atoms with E-state index in [1.165, 1.54) is 6.26 Å². The molecule has 0 fully saturated rings. The summed E-state index contributed by atoms with van der Waals surface area (Å²) in [5, 5.41) is 5.07. The summed E-state index contributed by atoms with van der Waals surface area (Å²) in [5.41, 5.74) is 2.04. The summed E-state index contributed by atoms with van der Waals surface area (Å²) in [4.78, 5) is 23.6. The molecular formula is C17H20N2O4. The fraction of sp³-hybridized carbons (Fsp3) is 0.294. The number of carbonyl (C=O) groups is 2. The number of rotatable bonds is 6. The Hall–Kier alpha value is -2.60. The Labute approximate surface area is 134 Å². The van der Waals surface area contributed by atoms with Gasteiger partial charge in [0.25, 0.3) is 0 Å². The van der Waals surface area contributed by atoms with Crippen molar-refractivity contribution in [1.82, 2.24) is 10.6 Å². The Morgan fingerprint density at radius 1 is 1.13 bits per heavy atom. The van der Waals surface area contributed by atoms with Gasteiger partial charge in [0.1, 0.15) is 5.76 Å². The zero-order chi connectivity index (χ0) is 16.7. The summed E-state index contributed by atoms with van der Waals surface area (Å²) in [6.07, 6.45) is 1.20. The largest absolute Gasteiger partial charge is 0.467 e. The molecule has 0 saturated carbocycles. The van der Waals surface area contributed by atoms with Crippen LogP contribution < -0.4 is 10.6 Å². The number of furan rings is 1. The first-order valence-corrected chi connectivity index (χ1v) is 7.28. The van der Waals surface area contributed by atoms with Crippen LogP contribution in [0.2, 0.25) is 0 Å². The highest BCUT2D eigenvalue weighted by Gasteiger charge is 2.18. The van der Waals surface area contributed by atoms with Crippen LogP contribution in [0.5, 0.6) is 0 Å². The topological polar surface area (TPSA) is 80.6 Å². The lowest BCUT2D eigenvalue weighted by atomic mass is 10.0. The minimum absolute atomic E-state index is 0.171. The van der Waals surface area contributed by atoms with Crippen molar-refractivity contribution in [2.75, 3.05) is 13.7 Å². The summed E-state index contributed by atoms with van der Waals surface area (Å²) >= 11 is 0. The van der Waals surface area contributed by atoms with Crippen molar-refractivity contribution in [2.45, 2.75) is 19.6 Å². The second kappa shape index (κ2) is 8.14. The highest BCUT2D eigenvalue weighted by molar-refractivity contribution is 6.35. The number of hydrogen-bond acceptors (Lipinski definition) is 4. The monoisotopic (exact) mass is 316 g/mol. The minimum atomic E-state index is -0.707. The molecule has 6 heteroatoms. The van der Waals surface area contributed by atoms with E-state index in [0.717, 1.165) is 11.1 Å². The highest BCUT2D eigenvalue weighted by atomic mass is 16.5. The molecule has 0 bridgehead atoms. The molecule has 1 atom stereocenters. The molecule has 1 aromatic carbocycles. The van der Waals surface area contributed by atoms with E-state index in [1.807, 2.05) is 31.2 Å². The van der Waals surface area contributed by atoms with Crippen LogP contribution in [-0.2, 0) is 20.9 Å². The molecule has 0 radical (unpaired) electrons. The summed E-state index contributed by atoms with van der Waals surface area (Å²) in [6.45, 7) is 2.36. The number of methoxy groups -OCH3 is 1. The van der Waals surface area contributed by atoms with Crippen molar-refractivity contribution < 1.29 is 18.7 Å². The highest BCUT2D eigenvalue weighted by Crippen LogP contribution is 2.19. The maximum absolute atomic E-state index is 11.8. The average molecular weight is 316 g/mol. The number of amides is 2. The first kappa shape index (κ1) is 16.8. The zero-order valence-corrected chi connectivity index (χ0v) is 13.2. The Morgan fingerprint density at radius 3 is 2.52 bits per heavy atom. The van der Waals surface area contributed by atoms with Gasteiger partial charge in [-0.1, -0.05) is 24.3 Å². The van der Waals surface area contributed by atoms with Crippen molar-refractivity contribution in [3.8, 4) is 0 Å². The Morgan fingerprint density at radius 2 is 1.87 bits per heavy atom. The maximum atomic E-state index is 11.8. The Bertz CT molecular complexity index is 652. The number of hydrogen-bond donors (Lipinski definition) is 2. The SMILES string of the molecule is CO[C@H](CNC(=O)C(=O)NCc1ccco1)c1ccccc1C. The van der Waals surface area contributed by atoms with E-state index in [2.05, 4.69) is 10.6 Å². The Kier molecular flexibility index (Phi) is 5.94. The van der Waals surface area contributed by atoms with Gasteiger partial charge in [-0.3, -0.25) is 9.59 Å². The van der Waals surface area contributed by atoms with Gasteiger partial charge in [0, 0.05) is 13.7 Å². The van der Waals surface area contributed by atoms with Gasteiger partial charge in [-0.25, -0.2) is 0 Å². The van der Waals surface area contributed by atoms with Crippen LogP contribution in [0, 0.1) is 6.92 Å². The zero-order valence-electron chi connectivity index (χ0n) is 13.2. The second-order valence-corrected chi connectivity index (χ2v) is 5.05. The summed E-state index contributed by atoms with van der Waals surface area (Å²) in [6, 6.07) is 11.2. The smallest absolute Gasteiger partial charge is 0.309 e. The molecule has 6 nitrogen and oxygen atoms in total. The van der Waals surface area contributed by atoms with Gasteiger partial charge < -0.3 is 19.8 Å². The second-order valence-electron chi connectivity index (χ2n) is 5.05. The van der Waals surface area contributed by atoms with Crippen molar-refractivity contribution in [3.63, 3.8) is 0 Å². The van der Waals surface area contributed by atoms with Gasteiger partial charge in [-0.15, -0.1) is 0 Å². The molecule has 2 N–H and O–H groups in total. The number of carbonyl (C=O) groups excluding carboxylic acids is 2. The molecule has 0 aliphatic carbocycles. The van der Waals surface area contributed by atoms with Crippen LogP contribution in [0.25, 0.3) is 0 Å². The summed E-state index contributed by atoms with van der Waals surface area (Å²) < 4.78 is 10.5. The minimum Gasteiger partial charge on any atom is -0.467 e. The van der Waals surface area contributed by atoms with Gasteiger partial charge in [0.15, 0.2) is 0 Å². The molecule has 0 saturated heterocycles. The molecule has 2 rings (SSSR count). The van der Waals surface area contributed by atoms with Gasteiger partial charge in [0.2, 0.25) is 0 Å². The van der Waals surface area contributed by atoms with Gasteiger partial charge in [0.05, 0.1) is 18.9 Å². The number of aryl methyl sites for hydroxylation is 1. The van der Waals surface area contributed by atoms with Crippen molar-refractivity contribution in [3.05, 3.63) is 59.5 Å². The predicted octanol–water partition coefficient (Wildman–Crippen LogP) is 1.71. The van der Waals surface area contributed by atoms with Crippen molar-refractivity contribution >= 4 is 11.8 Å². The average Bonchev–Trinajstić information content (AvgIpc) is 3.07. The van der Waals surface area contributed by atoms with E-state index in [-0.39, 0.29) is 19.2 Å². The molecule has 2 amide bonds. The molecule has 0 aliphatic rings. The van der Waals surface area contributed by atoms with E-state index >= 15 is 0 Å². The van der Waals surface area contributed by atoms with Gasteiger partial charge in [-0.2, -0.15) is 0 Å². The van der Waals surface area contributed by atoms with E-state index in [0.29, 0.717) is 5.76 Å². The van der Waals surface area contributed by atoms with Crippen LogP contribution in [0.3, 0.4) is 0 Å². The molecule has 0 aliphatic heterocycles. The number of nitrogens with one attached hydrogen (secondary N) is 2. The van der Waals surface area contributed by atoms with Crippen molar-refractivity contribution in [1.29, 1.82) is 0 Å². The molecule has 2 aromatic rings. The third-order valence-electron chi connectivity index (χ3n) is 3.48. The molecule has 122 valence electrons. The number of ether oxygens (including phenoxy) is 1. The first-order chi connectivity index (χ1) is 11.1. The Balaban J connectivity index is 1.84. The third kappa shape index (κ3) is 4.69. The van der Waals surface area contributed by atoms with Crippen LogP contribution in [0.4, 0.5) is 0 Å². The molecule has 23 heavy (non-hydrogen) atoms. The van der Waals surface area contributed by atoms with E-state index in [9.17, 15) is 9.59 Å². The molecule has 1 heterocycles. The predicted molar refractivity (Wildman–Crippen MR) is 84.5 cm³/mol. The third-order valence-corrected chi connectivity index (χ3v) is 3.48. The number of benzene rings is 1. The lowest BCUT2D eigenvalue weighted by Crippen LogP contribution is -2.41. The van der Waals surface area contributed by atoms with E-state index < -0.39 is 11.8 Å². The lowest BCUT2D eigenvalue weighted by molar-refractivity contribution is -0.139. The van der Waals surface area contributed by atoms with Crippen LogP contribution in [-0.4, -0.2) is 25.5 Å². The van der Waals surface area contributed by atoms with Crippen LogP contribution in [0.15, 0.2) is 47.1 Å². The standard InChI is InChI=1S/C17H20N2O4/c1-12-6-3-4-8-14(12)15(22-2)11-19-17(21)16(20)18-10-13-7-5-9-23-13/h3-9,15H,10-11H2,1-2H3,(H,18,20)(H,19,21)/t15-/m1/s1. The molecular weight excluding hydrogens is 296 g/mol. The quantitative estimate of drug-likeness (QED) is 0.795. The van der Waals surface area contributed by atoms with E-state index in [1.54, 1.807) is 19.2 Å². The molecule has 0 spiro atoms. The molecule has 1 aromatic heterocycles. The van der Waals surface area contributed by atoms with Crippen LogP contribution in [0.1, 0.15) is 23.0 Å². The normalized spacial score (nSPS) is 11.7. The summed E-state index contributed by atoms with van der Waals surface area (Å²) in [5.74, 6) is -0.825. The van der Waals surface area contributed by atoms with E-state index in [4.69, 9.17) is 9.15 Å². The van der Waals surface area contributed by atoms with Gasteiger partial charge >= 0.3 is 11.8 Å². The van der Waals surface area contributed by atoms with Crippen molar-refractivity contribution in [2.24, 2.45) is 0 Å². The fourth-order valence-electron chi connectivity index (χ4n) is 2.19. The summed E-state index contributed by atoms with van der Waals surface area (Å²) in [7, 11) is 1.57. The maximum Gasteiger partial charge on any atom is 0.309 e.